The van der Waals surface area contributed by atoms with Gasteiger partial charge in [0, 0.05) is 0 Å². The van der Waals surface area contributed by atoms with Crippen LogP contribution in [0.5, 0.6) is 0 Å². The largest absolute Gasteiger partial charge is 0.462 e. The fourth-order valence-corrected chi connectivity index (χ4v) is 2.23. The monoisotopic (exact) mass is 279 g/mol. The van der Waals surface area contributed by atoms with Crippen LogP contribution in [-0.4, -0.2) is 28.3 Å². The van der Waals surface area contributed by atoms with Crippen LogP contribution in [-0.2, 0) is 11.2 Å². The molecular weight excluding hydrogens is 266 g/mol. The molecule has 100 valence electrons. The molecule has 0 aromatic carbocycles. The highest BCUT2D eigenvalue weighted by Crippen LogP contribution is 2.14. The smallest absolute Gasteiger partial charge is 0.343 e. The number of anilines is 1. The first kappa shape index (κ1) is 13.3. The lowest BCUT2D eigenvalue weighted by molar-refractivity contribution is 0.0527. The van der Waals surface area contributed by atoms with E-state index in [-0.39, 0.29) is 30.3 Å². The Morgan fingerprint density at radius 1 is 1.53 bits per heavy atom. The summed E-state index contributed by atoms with van der Waals surface area (Å²) in [6, 6.07) is 1.86. The van der Waals surface area contributed by atoms with E-state index in [4.69, 9.17) is 10.5 Å². The summed E-state index contributed by atoms with van der Waals surface area (Å²) in [5.41, 5.74) is 6.75. The minimum Gasteiger partial charge on any atom is -0.462 e. The normalized spacial score (nSPS) is 10.4. The predicted octanol–water partition coefficient (Wildman–Crippen LogP) is 1.59. The molecule has 0 aliphatic rings. The van der Waals surface area contributed by atoms with Crippen molar-refractivity contribution in [1.82, 2.24) is 9.78 Å². The summed E-state index contributed by atoms with van der Waals surface area (Å²) in [6.45, 7) is 1.94. The second kappa shape index (κ2) is 5.66. The van der Waals surface area contributed by atoms with Crippen molar-refractivity contribution in [3.8, 4) is 0 Å². The maximum Gasteiger partial charge on any atom is 0.343 e. The third-order valence-electron chi connectivity index (χ3n) is 2.47. The third-order valence-corrected chi connectivity index (χ3v) is 3.21. The summed E-state index contributed by atoms with van der Waals surface area (Å²) in [6.07, 6.45) is 1.44. The van der Waals surface area contributed by atoms with Crippen LogP contribution < -0.4 is 5.73 Å². The molecule has 2 heterocycles. The first-order valence-corrected chi connectivity index (χ1v) is 6.62. The van der Waals surface area contributed by atoms with Crippen molar-refractivity contribution < 1.29 is 14.3 Å². The molecule has 2 N–H and O–H groups in total. The number of hydrogen-bond donors (Lipinski definition) is 1. The molecule has 0 radical (unpaired) electrons. The second-order valence-corrected chi connectivity index (χ2v) is 4.56. The minimum atomic E-state index is -0.574. The van der Waals surface area contributed by atoms with Crippen molar-refractivity contribution in [3.63, 3.8) is 0 Å². The van der Waals surface area contributed by atoms with Gasteiger partial charge in [0.25, 0.3) is 5.91 Å². The standard InChI is InChI=1S/C12H13N3O3S/c1-2-18-12(17)9-6-14-15(11(9)13)10(16)5-8-3-4-19-7-8/h3-4,6-7H,2,5,13H2,1H3. The van der Waals surface area contributed by atoms with Crippen LogP contribution in [0.4, 0.5) is 5.82 Å². The van der Waals surface area contributed by atoms with Crippen LogP contribution in [0.15, 0.2) is 23.0 Å². The Morgan fingerprint density at radius 3 is 2.95 bits per heavy atom. The van der Waals surface area contributed by atoms with Crippen molar-refractivity contribution in [3.05, 3.63) is 34.2 Å². The van der Waals surface area contributed by atoms with Gasteiger partial charge >= 0.3 is 5.97 Å². The van der Waals surface area contributed by atoms with Crippen molar-refractivity contribution in [2.45, 2.75) is 13.3 Å². The average Bonchev–Trinajstić information content (AvgIpc) is 2.98. The van der Waals surface area contributed by atoms with E-state index in [1.165, 1.54) is 17.5 Å². The quantitative estimate of drug-likeness (QED) is 0.859. The van der Waals surface area contributed by atoms with Crippen molar-refractivity contribution >= 4 is 29.0 Å². The fraction of sp³-hybridized carbons (Fsp3) is 0.250. The van der Waals surface area contributed by atoms with E-state index in [9.17, 15) is 9.59 Å². The number of nitrogens with zero attached hydrogens (tertiary/aromatic N) is 2. The van der Waals surface area contributed by atoms with Gasteiger partial charge < -0.3 is 10.5 Å². The summed E-state index contributed by atoms with van der Waals surface area (Å²) in [5.74, 6) is -0.847. The van der Waals surface area contributed by atoms with Crippen molar-refractivity contribution in [1.29, 1.82) is 0 Å². The molecule has 0 saturated carbocycles. The van der Waals surface area contributed by atoms with Crippen LogP contribution in [0.3, 0.4) is 0 Å². The second-order valence-electron chi connectivity index (χ2n) is 3.78. The van der Waals surface area contributed by atoms with E-state index in [1.807, 2.05) is 16.8 Å². The number of hydrogen-bond acceptors (Lipinski definition) is 6. The van der Waals surface area contributed by atoms with Crippen LogP contribution >= 0.6 is 11.3 Å². The first-order chi connectivity index (χ1) is 9.13. The zero-order chi connectivity index (χ0) is 13.8. The molecule has 2 rings (SSSR count). The lowest BCUT2D eigenvalue weighted by Crippen LogP contribution is -2.18. The summed E-state index contributed by atoms with van der Waals surface area (Å²) in [7, 11) is 0. The maximum atomic E-state index is 12.0. The Bertz CT molecular complexity index is 589. The van der Waals surface area contributed by atoms with Gasteiger partial charge in [-0.05, 0) is 29.3 Å². The van der Waals surface area contributed by atoms with Gasteiger partial charge in [-0.2, -0.15) is 21.1 Å². The molecule has 0 aliphatic heterocycles. The van der Waals surface area contributed by atoms with E-state index < -0.39 is 5.97 Å². The van der Waals surface area contributed by atoms with Gasteiger partial charge in [-0.3, -0.25) is 4.79 Å². The number of rotatable bonds is 4. The van der Waals surface area contributed by atoms with E-state index in [0.29, 0.717) is 0 Å². The number of nitrogens with two attached hydrogens (primary N) is 1. The van der Waals surface area contributed by atoms with Gasteiger partial charge in [0.1, 0.15) is 11.4 Å². The number of carbonyl (C=O) groups is 2. The molecule has 0 saturated heterocycles. The molecule has 7 heteroatoms. The average molecular weight is 279 g/mol. The lowest BCUT2D eigenvalue weighted by atomic mass is 10.2. The summed E-state index contributed by atoms with van der Waals surface area (Å²) < 4.78 is 5.86. The molecule has 0 spiro atoms. The van der Waals surface area contributed by atoms with E-state index >= 15 is 0 Å². The third kappa shape index (κ3) is 2.82. The molecule has 0 amide bonds. The number of ether oxygens (including phenoxy) is 1. The highest BCUT2D eigenvalue weighted by Gasteiger charge is 2.19. The van der Waals surface area contributed by atoms with Gasteiger partial charge in [0.2, 0.25) is 0 Å². The fourth-order valence-electron chi connectivity index (χ4n) is 1.57. The predicted molar refractivity (Wildman–Crippen MR) is 71.2 cm³/mol. The van der Waals surface area contributed by atoms with E-state index in [1.54, 1.807) is 6.92 Å². The SMILES string of the molecule is CCOC(=O)c1cnn(C(=O)Cc2ccsc2)c1N. The number of aromatic nitrogens is 2. The van der Waals surface area contributed by atoms with Crippen LogP contribution in [0.2, 0.25) is 0 Å². The van der Waals surface area contributed by atoms with Crippen molar-refractivity contribution in [2.75, 3.05) is 12.3 Å². The Kier molecular flexibility index (Phi) is 3.96. The molecule has 0 atom stereocenters. The summed E-state index contributed by atoms with van der Waals surface area (Å²) in [4.78, 5) is 23.6. The van der Waals surface area contributed by atoms with Crippen LogP contribution in [0.25, 0.3) is 0 Å². The molecule has 0 fully saturated rings. The molecule has 2 aromatic heterocycles. The molecule has 0 bridgehead atoms. The Morgan fingerprint density at radius 2 is 2.32 bits per heavy atom. The van der Waals surface area contributed by atoms with Gasteiger partial charge in [-0.25, -0.2) is 4.79 Å². The van der Waals surface area contributed by atoms with Crippen molar-refractivity contribution in [2.24, 2.45) is 0 Å². The van der Waals surface area contributed by atoms with Gasteiger partial charge in [0.05, 0.1) is 19.2 Å². The summed E-state index contributed by atoms with van der Waals surface area (Å²) >= 11 is 1.51. The Labute approximate surface area is 113 Å². The number of nitrogen functional groups attached to an aromatic ring is 1. The van der Waals surface area contributed by atoms with Crippen LogP contribution in [0.1, 0.15) is 27.6 Å². The molecule has 0 unspecified atom stereocenters. The van der Waals surface area contributed by atoms with Gasteiger partial charge in [0.15, 0.2) is 0 Å². The van der Waals surface area contributed by atoms with Gasteiger partial charge in [-0.15, -0.1) is 0 Å². The topological polar surface area (TPSA) is 87.2 Å². The maximum absolute atomic E-state index is 12.0. The molecule has 0 aliphatic carbocycles. The highest BCUT2D eigenvalue weighted by molar-refractivity contribution is 7.08. The summed E-state index contributed by atoms with van der Waals surface area (Å²) in [5, 5.41) is 7.61. The molecular formula is C12H13N3O3S. The lowest BCUT2D eigenvalue weighted by Gasteiger charge is -2.03. The van der Waals surface area contributed by atoms with Crippen LogP contribution in [0, 0.1) is 0 Å². The Hall–Kier alpha value is -2.15. The minimum absolute atomic E-state index is 0.0127. The zero-order valence-corrected chi connectivity index (χ0v) is 11.1. The number of thiophene rings is 1. The zero-order valence-electron chi connectivity index (χ0n) is 10.3. The number of esters is 1. The van der Waals surface area contributed by atoms with E-state index in [2.05, 4.69) is 5.10 Å². The first-order valence-electron chi connectivity index (χ1n) is 5.68. The molecule has 6 nitrogen and oxygen atoms in total. The number of carbonyl (C=O) groups excluding carboxylic acids is 2. The molecule has 2 aromatic rings. The molecule has 19 heavy (non-hydrogen) atoms. The van der Waals surface area contributed by atoms with Gasteiger partial charge in [-0.1, -0.05) is 0 Å². The van der Waals surface area contributed by atoms with E-state index in [0.717, 1.165) is 10.2 Å². The Balaban J connectivity index is 2.17. The highest BCUT2D eigenvalue weighted by atomic mass is 32.1.